The maximum Gasteiger partial charge on any atom is 0.326 e. The van der Waals surface area contributed by atoms with Gasteiger partial charge in [0.25, 0.3) is 0 Å². The molecule has 2 heterocycles. The molecule has 2 rings (SSSR count). The van der Waals surface area contributed by atoms with E-state index < -0.39 is 0 Å². The number of hydrogen-bond donors (Lipinski definition) is 0. The Morgan fingerprint density at radius 2 is 2.00 bits per heavy atom. The molecule has 3 amide bonds. The van der Waals surface area contributed by atoms with E-state index in [2.05, 4.69) is 13.8 Å². The second-order valence-corrected chi connectivity index (χ2v) is 5.42. The van der Waals surface area contributed by atoms with Crippen molar-refractivity contribution in [2.45, 2.75) is 39.2 Å². The molecule has 4 nitrogen and oxygen atoms in total. The van der Waals surface area contributed by atoms with Gasteiger partial charge in [0, 0.05) is 26.1 Å². The molecule has 1 atom stereocenters. The van der Waals surface area contributed by atoms with Crippen LogP contribution in [0.5, 0.6) is 0 Å². The monoisotopic (exact) mass is 210 g/mol. The SMILES string of the molecule is CN1C(=O)CC2CCC(C)(C)CN2C1=O. The first-order chi connectivity index (χ1) is 6.91. The van der Waals surface area contributed by atoms with Crippen molar-refractivity contribution in [1.82, 2.24) is 9.80 Å². The molecule has 0 aromatic carbocycles. The number of carbonyl (C=O) groups excluding carboxylic acids is 2. The highest BCUT2D eigenvalue weighted by molar-refractivity contribution is 5.97. The Bertz CT molecular complexity index is 312. The van der Waals surface area contributed by atoms with Crippen LogP contribution in [0.3, 0.4) is 0 Å². The van der Waals surface area contributed by atoms with Gasteiger partial charge in [0.05, 0.1) is 0 Å². The van der Waals surface area contributed by atoms with Crippen molar-refractivity contribution in [2.75, 3.05) is 13.6 Å². The molecule has 0 saturated carbocycles. The fourth-order valence-corrected chi connectivity index (χ4v) is 2.46. The maximum absolute atomic E-state index is 11.9. The van der Waals surface area contributed by atoms with Crippen LogP contribution in [0, 0.1) is 5.41 Å². The van der Waals surface area contributed by atoms with Crippen molar-refractivity contribution in [3.63, 3.8) is 0 Å². The summed E-state index contributed by atoms with van der Waals surface area (Å²) in [7, 11) is 1.57. The van der Waals surface area contributed by atoms with Gasteiger partial charge in [-0.3, -0.25) is 9.69 Å². The standard InChI is InChI=1S/C11H18N2O2/c1-11(2)5-4-8-6-9(14)12(3)10(15)13(8)7-11/h8H,4-7H2,1-3H3. The molecule has 2 aliphatic rings. The second-order valence-electron chi connectivity index (χ2n) is 5.42. The molecule has 15 heavy (non-hydrogen) atoms. The van der Waals surface area contributed by atoms with Gasteiger partial charge in [0.15, 0.2) is 0 Å². The zero-order valence-electron chi connectivity index (χ0n) is 9.62. The van der Waals surface area contributed by atoms with E-state index >= 15 is 0 Å². The predicted octanol–water partition coefficient (Wildman–Crippen LogP) is 1.46. The summed E-state index contributed by atoms with van der Waals surface area (Å²) < 4.78 is 0. The van der Waals surface area contributed by atoms with E-state index in [1.165, 1.54) is 4.90 Å². The number of fused-ring (bicyclic) bond motifs is 1. The van der Waals surface area contributed by atoms with Crippen molar-refractivity contribution < 1.29 is 9.59 Å². The van der Waals surface area contributed by atoms with Crippen LogP contribution in [0.25, 0.3) is 0 Å². The Balaban J connectivity index is 2.19. The number of rotatable bonds is 0. The summed E-state index contributed by atoms with van der Waals surface area (Å²) in [6.45, 7) is 5.12. The summed E-state index contributed by atoms with van der Waals surface area (Å²) in [5, 5.41) is 0. The van der Waals surface area contributed by atoms with E-state index in [1.807, 2.05) is 4.90 Å². The van der Waals surface area contributed by atoms with Crippen LogP contribution in [-0.4, -0.2) is 41.4 Å². The lowest BCUT2D eigenvalue weighted by atomic mass is 9.80. The molecule has 0 aromatic heterocycles. The van der Waals surface area contributed by atoms with Crippen LogP contribution in [0.15, 0.2) is 0 Å². The van der Waals surface area contributed by atoms with Gasteiger partial charge in [0.2, 0.25) is 5.91 Å². The van der Waals surface area contributed by atoms with Gasteiger partial charge in [0.1, 0.15) is 0 Å². The molecular formula is C11H18N2O2. The molecule has 4 heteroatoms. The lowest BCUT2D eigenvalue weighted by Gasteiger charge is -2.47. The lowest BCUT2D eigenvalue weighted by Crippen LogP contribution is -2.59. The van der Waals surface area contributed by atoms with Crippen LogP contribution in [-0.2, 0) is 4.79 Å². The smallest absolute Gasteiger partial charge is 0.320 e. The van der Waals surface area contributed by atoms with Crippen molar-refractivity contribution in [3.05, 3.63) is 0 Å². The van der Waals surface area contributed by atoms with Crippen LogP contribution < -0.4 is 0 Å². The topological polar surface area (TPSA) is 40.6 Å². The largest absolute Gasteiger partial charge is 0.326 e. The highest BCUT2D eigenvalue weighted by atomic mass is 16.2. The number of imide groups is 1. The van der Waals surface area contributed by atoms with Gasteiger partial charge in [-0.15, -0.1) is 0 Å². The van der Waals surface area contributed by atoms with Gasteiger partial charge in [-0.2, -0.15) is 0 Å². The van der Waals surface area contributed by atoms with Gasteiger partial charge in [-0.25, -0.2) is 4.79 Å². The molecule has 84 valence electrons. The minimum absolute atomic E-state index is 0.0408. The average Bonchev–Trinajstić information content (AvgIpc) is 2.16. The van der Waals surface area contributed by atoms with E-state index in [0.717, 1.165) is 19.4 Å². The molecule has 0 spiro atoms. The van der Waals surface area contributed by atoms with Gasteiger partial charge in [-0.05, 0) is 18.3 Å². The minimum Gasteiger partial charge on any atom is -0.320 e. The molecule has 0 N–H and O–H groups in total. The number of hydrogen-bond acceptors (Lipinski definition) is 2. The zero-order valence-corrected chi connectivity index (χ0v) is 9.62. The fraction of sp³-hybridized carbons (Fsp3) is 0.818. The Hall–Kier alpha value is -1.06. The van der Waals surface area contributed by atoms with Crippen molar-refractivity contribution in [2.24, 2.45) is 5.41 Å². The van der Waals surface area contributed by atoms with Gasteiger partial charge in [-0.1, -0.05) is 13.8 Å². The molecular weight excluding hydrogens is 192 g/mol. The molecule has 2 fully saturated rings. The van der Waals surface area contributed by atoms with Crippen LogP contribution in [0.4, 0.5) is 4.79 Å². The number of carbonyl (C=O) groups is 2. The highest BCUT2D eigenvalue weighted by Gasteiger charge is 2.42. The Morgan fingerprint density at radius 1 is 1.33 bits per heavy atom. The molecule has 2 aliphatic heterocycles. The van der Waals surface area contributed by atoms with E-state index in [0.29, 0.717) is 6.42 Å². The van der Waals surface area contributed by atoms with E-state index in [9.17, 15) is 9.59 Å². The summed E-state index contributed by atoms with van der Waals surface area (Å²) in [4.78, 5) is 26.5. The van der Waals surface area contributed by atoms with E-state index in [1.54, 1.807) is 7.05 Å². The van der Waals surface area contributed by atoms with Crippen molar-refractivity contribution in [3.8, 4) is 0 Å². The zero-order chi connectivity index (χ0) is 11.2. The number of amides is 3. The van der Waals surface area contributed by atoms with E-state index in [4.69, 9.17) is 0 Å². The quantitative estimate of drug-likeness (QED) is 0.607. The van der Waals surface area contributed by atoms with Crippen molar-refractivity contribution in [1.29, 1.82) is 0 Å². The summed E-state index contributed by atoms with van der Waals surface area (Å²) in [5.41, 5.74) is 0.188. The first-order valence-corrected chi connectivity index (χ1v) is 5.48. The number of piperidine rings is 1. The highest BCUT2D eigenvalue weighted by Crippen LogP contribution is 2.35. The predicted molar refractivity (Wildman–Crippen MR) is 56.3 cm³/mol. The van der Waals surface area contributed by atoms with Crippen LogP contribution >= 0.6 is 0 Å². The fourth-order valence-electron chi connectivity index (χ4n) is 2.46. The summed E-state index contributed by atoms with van der Waals surface area (Å²) in [6, 6.07) is 0.0262. The third-order valence-electron chi connectivity index (χ3n) is 3.51. The molecule has 0 aromatic rings. The third kappa shape index (κ3) is 1.73. The van der Waals surface area contributed by atoms with Crippen LogP contribution in [0.1, 0.15) is 33.1 Å². The average molecular weight is 210 g/mol. The minimum atomic E-state index is -0.121. The molecule has 0 aliphatic carbocycles. The lowest BCUT2D eigenvalue weighted by molar-refractivity contribution is -0.132. The number of urea groups is 1. The molecule has 0 radical (unpaired) electrons. The van der Waals surface area contributed by atoms with Crippen molar-refractivity contribution >= 4 is 11.9 Å². The Labute approximate surface area is 90.2 Å². The summed E-state index contributed by atoms with van der Waals surface area (Å²) in [5.74, 6) is -0.0408. The number of nitrogens with zero attached hydrogens (tertiary/aromatic N) is 2. The summed E-state index contributed by atoms with van der Waals surface area (Å²) in [6.07, 6.45) is 2.55. The normalized spacial score (nSPS) is 30.5. The maximum atomic E-state index is 11.9. The second kappa shape index (κ2) is 3.22. The molecule has 2 saturated heterocycles. The van der Waals surface area contributed by atoms with E-state index in [-0.39, 0.29) is 23.4 Å². The Morgan fingerprint density at radius 3 is 2.67 bits per heavy atom. The Kier molecular flexibility index (Phi) is 2.24. The molecule has 1 unspecified atom stereocenters. The first-order valence-electron chi connectivity index (χ1n) is 5.48. The van der Waals surface area contributed by atoms with Gasteiger partial charge < -0.3 is 4.90 Å². The first kappa shape index (κ1) is 10.5. The third-order valence-corrected chi connectivity index (χ3v) is 3.51. The van der Waals surface area contributed by atoms with Crippen LogP contribution in [0.2, 0.25) is 0 Å². The summed E-state index contributed by atoms with van der Waals surface area (Å²) >= 11 is 0. The van der Waals surface area contributed by atoms with Gasteiger partial charge >= 0.3 is 6.03 Å². The molecule has 0 bridgehead atoms.